The summed E-state index contributed by atoms with van der Waals surface area (Å²) >= 11 is 0. The summed E-state index contributed by atoms with van der Waals surface area (Å²) in [4.78, 5) is 16.2. The second kappa shape index (κ2) is 10.6. The molecule has 53 heavy (non-hydrogen) atoms. The fourth-order valence-corrected chi connectivity index (χ4v) is 8.64. The van der Waals surface area contributed by atoms with E-state index in [4.69, 9.17) is 15.0 Å². The van der Waals surface area contributed by atoms with Crippen LogP contribution in [0.2, 0.25) is 0 Å². The first kappa shape index (κ1) is 28.4. The van der Waals surface area contributed by atoms with Gasteiger partial charge in [0.2, 0.25) is 5.95 Å². The van der Waals surface area contributed by atoms with E-state index in [-0.39, 0.29) is 0 Å². The van der Waals surface area contributed by atoms with Crippen LogP contribution in [0.1, 0.15) is 0 Å². The summed E-state index contributed by atoms with van der Waals surface area (Å²) in [6.45, 7) is 0. The standard InChI is InChI=1S/C47H28N6/c1-3-15-29(16-4-1)42-33-21-9-11-23-36(33)49-47(50-42)53-43-35(27-28-40-41(43)34-22-10-13-25-38(34)51(40)30-17-5-2-6-18-30)45-44(53)31-19-7-8-20-32(31)46-48-37-24-12-14-26-39(37)52(45)46/h1-28H. The second-order valence-corrected chi connectivity index (χ2v) is 13.6. The Labute approximate surface area is 302 Å². The number of para-hydroxylation sites is 5. The average Bonchev–Trinajstić information content (AvgIpc) is 3.89. The second-order valence-electron chi connectivity index (χ2n) is 13.6. The first-order valence-electron chi connectivity index (χ1n) is 17.9. The zero-order valence-corrected chi connectivity index (χ0v) is 28.3. The molecule has 0 spiro atoms. The van der Waals surface area contributed by atoms with E-state index in [1.807, 2.05) is 6.07 Å². The van der Waals surface area contributed by atoms with Gasteiger partial charge in [0.05, 0.1) is 49.8 Å². The Balaban J connectivity index is 1.39. The van der Waals surface area contributed by atoms with E-state index >= 15 is 0 Å². The number of benzene rings is 7. The highest BCUT2D eigenvalue weighted by Crippen LogP contribution is 2.45. The molecule has 0 aliphatic carbocycles. The van der Waals surface area contributed by atoms with Crippen LogP contribution in [-0.4, -0.2) is 28.5 Å². The topological polar surface area (TPSA) is 52.9 Å². The van der Waals surface area contributed by atoms with Crippen LogP contribution in [0.3, 0.4) is 0 Å². The van der Waals surface area contributed by atoms with E-state index in [1.54, 1.807) is 0 Å². The number of pyridine rings is 1. The molecule has 6 heteroatoms. The number of fused-ring (bicyclic) bond motifs is 15. The van der Waals surface area contributed by atoms with Gasteiger partial charge in [-0.15, -0.1) is 0 Å². The zero-order chi connectivity index (χ0) is 34.6. The van der Waals surface area contributed by atoms with E-state index in [0.29, 0.717) is 5.95 Å². The number of rotatable bonds is 3. The molecule has 0 fully saturated rings. The summed E-state index contributed by atoms with van der Waals surface area (Å²) in [7, 11) is 0. The van der Waals surface area contributed by atoms with Gasteiger partial charge in [-0.2, -0.15) is 0 Å². The van der Waals surface area contributed by atoms with Crippen LogP contribution in [0.4, 0.5) is 0 Å². The highest BCUT2D eigenvalue weighted by atomic mass is 15.2. The van der Waals surface area contributed by atoms with Crippen molar-refractivity contribution >= 4 is 82.1 Å². The SMILES string of the molecule is c1ccc(-c2nc(-n3c4c(ccc5c4c4ccccc4n5-c4ccccc4)c4c3c3ccccc3c3nc5ccccc5n34)nc3ccccc23)cc1. The molecule has 12 aromatic rings. The first-order chi connectivity index (χ1) is 26.3. The van der Waals surface area contributed by atoms with Crippen molar-refractivity contribution in [3.8, 4) is 22.9 Å². The molecule has 0 aliphatic heterocycles. The molecule has 5 aromatic heterocycles. The minimum absolute atomic E-state index is 0.625. The number of aromatic nitrogens is 6. The third-order valence-corrected chi connectivity index (χ3v) is 10.8. The Morgan fingerprint density at radius 3 is 1.81 bits per heavy atom. The molecule has 0 bridgehead atoms. The molecule has 6 nitrogen and oxygen atoms in total. The van der Waals surface area contributed by atoms with Crippen molar-refractivity contribution in [1.82, 2.24) is 28.5 Å². The quantitative estimate of drug-likeness (QED) is 0.187. The highest BCUT2D eigenvalue weighted by Gasteiger charge is 2.27. The highest BCUT2D eigenvalue weighted by molar-refractivity contribution is 6.29. The predicted molar refractivity (Wildman–Crippen MR) is 217 cm³/mol. The van der Waals surface area contributed by atoms with Crippen LogP contribution in [0.25, 0.3) is 105 Å². The lowest BCUT2D eigenvalue weighted by atomic mass is 10.1. The van der Waals surface area contributed by atoms with Gasteiger partial charge in [0.1, 0.15) is 5.65 Å². The summed E-state index contributed by atoms with van der Waals surface area (Å²) in [5, 5.41) is 6.62. The maximum atomic E-state index is 5.52. The molecule has 0 amide bonds. The number of nitrogens with zero attached hydrogens (tertiary/aromatic N) is 6. The molecule has 7 aromatic carbocycles. The fourth-order valence-electron chi connectivity index (χ4n) is 8.64. The molecular weight excluding hydrogens is 649 g/mol. The van der Waals surface area contributed by atoms with Crippen molar-refractivity contribution in [3.05, 3.63) is 170 Å². The molecule has 0 saturated carbocycles. The van der Waals surface area contributed by atoms with Crippen LogP contribution in [-0.2, 0) is 0 Å². The first-order valence-corrected chi connectivity index (χ1v) is 17.9. The number of hydrogen-bond acceptors (Lipinski definition) is 3. The van der Waals surface area contributed by atoms with Gasteiger partial charge in [0, 0.05) is 43.6 Å². The van der Waals surface area contributed by atoms with Gasteiger partial charge in [0.15, 0.2) is 0 Å². The van der Waals surface area contributed by atoms with Crippen molar-refractivity contribution in [3.63, 3.8) is 0 Å². The third-order valence-electron chi connectivity index (χ3n) is 10.8. The fraction of sp³-hybridized carbons (Fsp3) is 0. The van der Waals surface area contributed by atoms with Crippen LogP contribution < -0.4 is 0 Å². The Morgan fingerprint density at radius 2 is 1.00 bits per heavy atom. The van der Waals surface area contributed by atoms with Gasteiger partial charge in [-0.1, -0.05) is 121 Å². The Hall–Kier alpha value is -7.31. The normalized spacial score (nSPS) is 12.2. The van der Waals surface area contributed by atoms with Gasteiger partial charge in [-0.25, -0.2) is 15.0 Å². The van der Waals surface area contributed by atoms with Gasteiger partial charge in [-0.05, 0) is 48.5 Å². The summed E-state index contributed by atoms with van der Waals surface area (Å²) in [5.41, 5.74) is 12.4. The van der Waals surface area contributed by atoms with E-state index in [1.165, 1.54) is 5.39 Å². The molecule has 5 heterocycles. The van der Waals surface area contributed by atoms with E-state index < -0.39 is 0 Å². The minimum atomic E-state index is 0.625. The van der Waals surface area contributed by atoms with E-state index in [0.717, 1.165) is 93.7 Å². The third kappa shape index (κ3) is 3.84. The van der Waals surface area contributed by atoms with Crippen molar-refractivity contribution in [2.45, 2.75) is 0 Å². The van der Waals surface area contributed by atoms with Crippen LogP contribution in [0.15, 0.2) is 170 Å². The van der Waals surface area contributed by atoms with Crippen molar-refractivity contribution < 1.29 is 0 Å². The van der Waals surface area contributed by atoms with Crippen molar-refractivity contribution in [2.24, 2.45) is 0 Å². The molecule has 0 N–H and O–H groups in total. The minimum Gasteiger partial charge on any atom is -0.309 e. The molecule has 0 saturated heterocycles. The van der Waals surface area contributed by atoms with Crippen LogP contribution >= 0.6 is 0 Å². The lowest BCUT2D eigenvalue weighted by Crippen LogP contribution is -2.04. The number of hydrogen-bond donors (Lipinski definition) is 0. The molecular formula is C47H28N6. The van der Waals surface area contributed by atoms with Crippen molar-refractivity contribution in [2.75, 3.05) is 0 Å². The smallest absolute Gasteiger partial charge is 0.235 e. The van der Waals surface area contributed by atoms with Gasteiger partial charge in [-0.3, -0.25) is 8.97 Å². The summed E-state index contributed by atoms with van der Waals surface area (Å²) < 4.78 is 7.07. The molecule has 0 atom stereocenters. The largest absolute Gasteiger partial charge is 0.309 e. The maximum Gasteiger partial charge on any atom is 0.235 e. The molecule has 0 unspecified atom stereocenters. The van der Waals surface area contributed by atoms with Gasteiger partial charge in [0.25, 0.3) is 0 Å². The van der Waals surface area contributed by atoms with Crippen LogP contribution in [0, 0.1) is 0 Å². The monoisotopic (exact) mass is 676 g/mol. The van der Waals surface area contributed by atoms with E-state index in [2.05, 4.69) is 177 Å². The Kier molecular flexibility index (Phi) is 5.68. The van der Waals surface area contributed by atoms with Crippen LogP contribution in [0.5, 0.6) is 0 Å². The van der Waals surface area contributed by atoms with Gasteiger partial charge < -0.3 is 4.57 Å². The molecule has 0 aliphatic rings. The average molecular weight is 677 g/mol. The molecule has 12 rings (SSSR count). The zero-order valence-electron chi connectivity index (χ0n) is 28.3. The van der Waals surface area contributed by atoms with Crippen molar-refractivity contribution in [1.29, 1.82) is 0 Å². The Bertz CT molecular complexity index is 3450. The maximum absolute atomic E-state index is 5.52. The summed E-state index contributed by atoms with van der Waals surface area (Å²) in [6.07, 6.45) is 0. The molecule has 246 valence electrons. The van der Waals surface area contributed by atoms with Gasteiger partial charge >= 0.3 is 0 Å². The lowest BCUT2D eigenvalue weighted by Gasteiger charge is -2.13. The predicted octanol–water partition coefficient (Wildman–Crippen LogP) is 11.4. The lowest BCUT2D eigenvalue weighted by molar-refractivity contribution is 1.02. The van der Waals surface area contributed by atoms with E-state index in [9.17, 15) is 0 Å². The Morgan fingerprint density at radius 1 is 0.358 bits per heavy atom. The summed E-state index contributed by atoms with van der Waals surface area (Å²) in [6, 6.07) is 59.8. The number of imidazole rings is 1. The molecule has 0 radical (unpaired) electrons. The summed E-state index contributed by atoms with van der Waals surface area (Å²) in [5.74, 6) is 0.625.